The van der Waals surface area contributed by atoms with E-state index >= 15 is 0 Å². The summed E-state index contributed by atoms with van der Waals surface area (Å²) in [6, 6.07) is 0. The van der Waals surface area contributed by atoms with Gasteiger partial charge in [0.15, 0.2) is 0 Å². The van der Waals surface area contributed by atoms with Crippen LogP contribution in [-0.4, -0.2) is 44.2 Å². The van der Waals surface area contributed by atoms with Crippen LogP contribution in [0.1, 0.15) is 26.7 Å². The number of alkyl halides is 4. The molecule has 0 radical (unpaired) electrons. The summed E-state index contributed by atoms with van der Waals surface area (Å²) in [6.45, 7) is 0.122. The minimum absolute atomic E-state index is 0.275. The van der Waals surface area contributed by atoms with Crippen molar-refractivity contribution < 1.29 is 40.0 Å². The van der Waals surface area contributed by atoms with Gasteiger partial charge in [-0.3, -0.25) is 4.55 Å². The van der Waals surface area contributed by atoms with Gasteiger partial charge in [0, 0.05) is 0 Å². The van der Waals surface area contributed by atoms with Crippen molar-refractivity contribution in [1.82, 2.24) is 0 Å². The van der Waals surface area contributed by atoms with Crippen LogP contribution in [0.2, 0.25) is 0 Å². The van der Waals surface area contributed by atoms with Gasteiger partial charge >= 0.3 is 21.5 Å². The molecule has 0 atom stereocenters. The van der Waals surface area contributed by atoms with E-state index in [9.17, 15) is 26.0 Å². The Hall–Kier alpha value is -0.450. The number of ether oxygens (including phenoxy) is 2. The molecule has 0 saturated heterocycles. The Kier molecular flexibility index (Phi) is 7.36. The molecule has 0 rings (SSSR count). The molecule has 10 heteroatoms. The van der Waals surface area contributed by atoms with Crippen LogP contribution in [0, 0.1) is 5.92 Å². The first-order valence-electron chi connectivity index (χ1n) is 5.82. The van der Waals surface area contributed by atoms with Crippen LogP contribution in [0.5, 0.6) is 0 Å². The van der Waals surface area contributed by atoms with Crippen molar-refractivity contribution in [1.29, 1.82) is 0 Å². The molecule has 0 aromatic heterocycles. The number of hydrogen-bond donors (Lipinski definition) is 1. The first kappa shape index (κ1) is 19.6. The summed E-state index contributed by atoms with van der Waals surface area (Å²) in [6.07, 6.45) is -2.77. The van der Waals surface area contributed by atoms with E-state index in [1.54, 1.807) is 0 Å². The van der Waals surface area contributed by atoms with Gasteiger partial charge in [0.2, 0.25) is 0 Å². The first-order valence-corrected chi connectivity index (χ1v) is 7.26. The number of hydrogen-bond acceptors (Lipinski definition) is 4. The molecule has 0 aromatic rings. The zero-order chi connectivity index (χ0) is 16.0. The lowest BCUT2D eigenvalue weighted by molar-refractivity contribution is -0.268. The molecule has 20 heavy (non-hydrogen) atoms. The molecule has 0 fully saturated rings. The third-order valence-electron chi connectivity index (χ3n) is 2.16. The predicted octanol–water partition coefficient (Wildman–Crippen LogP) is 2.53. The van der Waals surface area contributed by atoms with E-state index in [1.807, 2.05) is 13.8 Å². The fourth-order valence-electron chi connectivity index (χ4n) is 1.12. The Balaban J connectivity index is 4.05. The molecule has 122 valence electrons. The highest BCUT2D eigenvalue weighted by Crippen LogP contribution is 2.23. The second kappa shape index (κ2) is 7.53. The van der Waals surface area contributed by atoms with Crippen LogP contribution in [0.15, 0.2) is 0 Å². The van der Waals surface area contributed by atoms with Gasteiger partial charge in [0.05, 0.1) is 6.61 Å². The fourth-order valence-corrected chi connectivity index (χ4v) is 1.35. The van der Waals surface area contributed by atoms with Gasteiger partial charge < -0.3 is 9.47 Å². The molecular weight excluding hydrogens is 308 g/mol. The van der Waals surface area contributed by atoms with Gasteiger partial charge in [-0.15, -0.1) is 0 Å². The van der Waals surface area contributed by atoms with Crippen molar-refractivity contribution in [3.8, 4) is 0 Å². The van der Waals surface area contributed by atoms with Crippen LogP contribution >= 0.6 is 0 Å². The Morgan fingerprint density at radius 1 is 1.15 bits per heavy atom. The van der Waals surface area contributed by atoms with Crippen molar-refractivity contribution in [3.05, 3.63) is 0 Å². The Morgan fingerprint density at radius 3 is 2.15 bits per heavy atom. The fraction of sp³-hybridized carbons (Fsp3) is 1.00. The van der Waals surface area contributed by atoms with Crippen LogP contribution in [-0.2, 0) is 19.6 Å². The normalized spacial score (nSPS) is 14.0. The van der Waals surface area contributed by atoms with Crippen LogP contribution < -0.4 is 0 Å². The predicted molar refractivity (Wildman–Crippen MR) is 62.3 cm³/mol. The average molecular weight is 326 g/mol. The molecule has 0 heterocycles. The van der Waals surface area contributed by atoms with Crippen molar-refractivity contribution >= 4 is 10.1 Å². The van der Waals surface area contributed by atoms with E-state index < -0.39 is 34.7 Å². The van der Waals surface area contributed by atoms with Gasteiger partial charge in [-0.25, -0.2) is 0 Å². The summed E-state index contributed by atoms with van der Waals surface area (Å²) in [5.41, 5.74) is 0. The summed E-state index contributed by atoms with van der Waals surface area (Å²) >= 11 is 0. The molecule has 0 aliphatic heterocycles. The number of rotatable bonds is 10. The van der Waals surface area contributed by atoms with Gasteiger partial charge in [0.25, 0.3) is 0 Å². The molecule has 0 saturated carbocycles. The minimum Gasteiger partial charge on any atom is -0.365 e. The quantitative estimate of drug-likeness (QED) is 0.379. The van der Waals surface area contributed by atoms with Gasteiger partial charge in [-0.2, -0.15) is 26.0 Å². The lowest BCUT2D eigenvalue weighted by Crippen LogP contribution is -2.36. The Labute approximate surface area is 115 Å². The summed E-state index contributed by atoms with van der Waals surface area (Å²) in [5.74, 6) is 0.317. The van der Waals surface area contributed by atoms with Gasteiger partial charge in [-0.05, 0) is 18.8 Å². The monoisotopic (exact) mass is 326 g/mol. The maximum atomic E-state index is 13.0. The summed E-state index contributed by atoms with van der Waals surface area (Å²) in [4.78, 5) is 0. The highest BCUT2D eigenvalue weighted by molar-refractivity contribution is 7.86. The topological polar surface area (TPSA) is 72.8 Å². The Bertz CT molecular complexity index is 383. The van der Waals surface area contributed by atoms with E-state index in [0.29, 0.717) is 18.8 Å². The lowest BCUT2D eigenvalue weighted by Gasteiger charge is -2.19. The maximum Gasteiger partial charge on any atom is 0.392 e. The maximum absolute atomic E-state index is 13.0. The van der Waals surface area contributed by atoms with E-state index in [1.165, 1.54) is 0 Å². The highest BCUT2D eigenvalue weighted by Gasteiger charge is 2.45. The lowest BCUT2D eigenvalue weighted by atomic mass is 10.1. The van der Waals surface area contributed by atoms with Crippen molar-refractivity contribution in [2.45, 2.75) is 38.1 Å². The standard InChI is InChI=1S/C10H18F4O5S/c1-8(2)4-3-5-19-9(11,12)6-18-7-10(13,14)20(15,16)17/h8H,3-7H2,1-2H3,(H,15,16,17). The third kappa shape index (κ3) is 7.98. The van der Waals surface area contributed by atoms with Crippen LogP contribution in [0.3, 0.4) is 0 Å². The molecule has 0 amide bonds. The summed E-state index contributed by atoms with van der Waals surface area (Å²) < 4.78 is 87.9. The molecule has 0 spiro atoms. The molecule has 0 aliphatic carbocycles. The van der Waals surface area contributed by atoms with Crippen molar-refractivity contribution in [2.24, 2.45) is 5.92 Å². The zero-order valence-electron chi connectivity index (χ0n) is 11.1. The van der Waals surface area contributed by atoms with E-state index in [2.05, 4.69) is 9.47 Å². The van der Waals surface area contributed by atoms with E-state index in [0.717, 1.165) is 0 Å². The van der Waals surface area contributed by atoms with Crippen LogP contribution in [0.25, 0.3) is 0 Å². The van der Waals surface area contributed by atoms with Crippen molar-refractivity contribution in [3.63, 3.8) is 0 Å². The zero-order valence-corrected chi connectivity index (χ0v) is 11.9. The molecule has 0 aromatic carbocycles. The van der Waals surface area contributed by atoms with Gasteiger partial charge in [0.1, 0.15) is 13.2 Å². The summed E-state index contributed by atoms with van der Waals surface area (Å²) in [7, 11) is -5.69. The smallest absolute Gasteiger partial charge is 0.365 e. The second-order valence-corrected chi connectivity index (χ2v) is 6.17. The van der Waals surface area contributed by atoms with E-state index in [4.69, 9.17) is 4.55 Å². The van der Waals surface area contributed by atoms with Gasteiger partial charge in [-0.1, -0.05) is 13.8 Å². The molecule has 5 nitrogen and oxygen atoms in total. The second-order valence-electron chi connectivity index (χ2n) is 4.63. The average Bonchev–Trinajstić information content (AvgIpc) is 2.22. The van der Waals surface area contributed by atoms with Crippen molar-refractivity contribution in [2.75, 3.05) is 19.8 Å². The SMILES string of the molecule is CC(C)CCCOC(F)(F)COCC(F)(F)S(=O)(=O)O. The van der Waals surface area contributed by atoms with Crippen LogP contribution in [0.4, 0.5) is 17.6 Å². The Morgan fingerprint density at radius 2 is 1.70 bits per heavy atom. The number of halogens is 4. The highest BCUT2D eigenvalue weighted by atomic mass is 32.2. The largest absolute Gasteiger partial charge is 0.392 e. The molecule has 0 aliphatic rings. The molecular formula is C10H18F4O5S. The summed E-state index contributed by atoms with van der Waals surface area (Å²) in [5, 5.41) is -4.64. The van der Waals surface area contributed by atoms with E-state index in [-0.39, 0.29) is 6.61 Å². The molecule has 0 unspecified atom stereocenters. The molecule has 1 N–H and O–H groups in total. The minimum atomic E-state index is -5.69. The molecule has 0 bridgehead atoms. The third-order valence-corrected chi connectivity index (χ3v) is 3.03. The first-order chi connectivity index (χ1) is 8.87.